The van der Waals surface area contributed by atoms with Crippen LogP contribution in [0.1, 0.15) is 94.5 Å². The number of hydrogen-bond acceptors (Lipinski definition) is 2. The molecule has 14 aromatic carbocycles. The van der Waals surface area contributed by atoms with Crippen LogP contribution < -0.4 is 9.80 Å². The molecule has 14 aromatic rings. The summed E-state index contributed by atoms with van der Waals surface area (Å²) >= 11 is 0. The normalized spacial score (nSPS) is 14.7. The van der Waals surface area contributed by atoms with E-state index in [2.05, 4.69) is 377 Å². The van der Waals surface area contributed by atoms with Gasteiger partial charge in [-0.25, -0.2) is 0 Å². The summed E-state index contributed by atoms with van der Waals surface area (Å²) in [6.07, 6.45) is 0. The van der Waals surface area contributed by atoms with Gasteiger partial charge >= 0.3 is 0 Å². The summed E-state index contributed by atoms with van der Waals surface area (Å²) in [5.41, 5.74) is 32.5. The van der Waals surface area contributed by atoms with E-state index in [1.165, 1.54) is 122 Å². The van der Waals surface area contributed by atoms with Crippen LogP contribution in [0.15, 0.2) is 340 Å². The van der Waals surface area contributed by atoms with Gasteiger partial charge in [0.15, 0.2) is 0 Å². The first-order chi connectivity index (χ1) is 46.1. The second-order valence-corrected chi connectivity index (χ2v) is 27.1. The molecule has 0 saturated carbocycles. The predicted octanol–water partition coefficient (Wildman–Crippen LogP) is 23.6. The summed E-state index contributed by atoms with van der Waals surface area (Å²) in [6.45, 7) is 9.55. The zero-order valence-electron chi connectivity index (χ0n) is 53.2. The van der Waals surface area contributed by atoms with Crippen molar-refractivity contribution in [1.29, 1.82) is 0 Å². The Morgan fingerprint density at radius 3 is 0.777 bits per heavy atom. The lowest BCUT2D eigenvalue weighted by Gasteiger charge is -2.50. The lowest BCUT2D eigenvalue weighted by molar-refractivity contribution is 0.623. The highest BCUT2D eigenvalue weighted by molar-refractivity contribution is 5.96. The Balaban J connectivity index is 0.907. The molecule has 2 nitrogen and oxygen atoms in total. The van der Waals surface area contributed by atoms with Gasteiger partial charge in [0, 0.05) is 45.0 Å². The average molecular weight is 1200 g/mol. The van der Waals surface area contributed by atoms with Crippen LogP contribution in [0.25, 0.3) is 55.6 Å². The molecule has 1 spiro atoms. The van der Waals surface area contributed by atoms with Crippen LogP contribution >= 0.6 is 0 Å². The van der Waals surface area contributed by atoms with Crippen LogP contribution in [0.5, 0.6) is 0 Å². The van der Waals surface area contributed by atoms with Gasteiger partial charge in [-0.1, -0.05) is 295 Å². The number of benzene rings is 14. The minimum absolute atomic E-state index is 0.204. The summed E-state index contributed by atoms with van der Waals surface area (Å²) < 4.78 is 0. The van der Waals surface area contributed by atoms with Gasteiger partial charge < -0.3 is 9.80 Å². The molecule has 0 fully saturated rings. The first-order valence-electron chi connectivity index (χ1n) is 33.1. The topological polar surface area (TPSA) is 6.48 Å². The Morgan fingerprint density at radius 1 is 0.181 bits per heavy atom. The van der Waals surface area contributed by atoms with Crippen molar-refractivity contribution in [3.63, 3.8) is 0 Å². The van der Waals surface area contributed by atoms with Gasteiger partial charge in [-0.15, -0.1) is 0 Å². The third-order valence-corrected chi connectivity index (χ3v) is 21.6. The summed E-state index contributed by atoms with van der Waals surface area (Å²) in [5.74, 6) is 0. The fourth-order valence-electron chi connectivity index (χ4n) is 17.3. The summed E-state index contributed by atoms with van der Waals surface area (Å²) in [5, 5.41) is 0. The molecule has 0 atom stereocenters. The molecule has 94 heavy (non-hydrogen) atoms. The Bertz CT molecular complexity index is 4960. The lowest BCUT2D eigenvalue weighted by atomic mass is 9.51. The van der Waals surface area contributed by atoms with E-state index < -0.39 is 10.8 Å². The van der Waals surface area contributed by atoms with Crippen LogP contribution in [-0.2, 0) is 21.7 Å². The predicted molar refractivity (Wildman–Crippen MR) is 391 cm³/mol. The first-order valence-corrected chi connectivity index (χ1v) is 33.1. The minimum Gasteiger partial charge on any atom is -0.310 e. The molecule has 4 aliphatic carbocycles. The van der Waals surface area contributed by atoms with Crippen molar-refractivity contribution in [1.82, 2.24) is 0 Å². The molecular formula is C92H68N2. The highest BCUT2D eigenvalue weighted by atomic mass is 15.1. The van der Waals surface area contributed by atoms with E-state index in [1.807, 2.05) is 0 Å². The van der Waals surface area contributed by atoms with Crippen molar-refractivity contribution in [3.8, 4) is 55.6 Å². The maximum absolute atomic E-state index is 2.57. The van der Waals surface area contributed by atoms with Crippen LogP contribution in [0.2, 0.25) is 0 Å². The molecule has 4 aliphatic rings. The van der Waals surface area contributed by atoms with Crippen LogP contribution in [0, 0.1) is 0 Å². The molecule has 0 unspecified atom stereocenters. The van der Waals surface area contributed by atoms with Crippen molar-refractivity contribution in [3.05, 3.63) is 406 Å². The van der Waals surface area contributed by atoms with Gasteiger partial charge in [-0.3, -0.25) is 0 Å². The van der Waals surface area contributed by atoms with Crippen molar-refractivity contribution in [2.24, 2.45) is 0 Å². The third kappa shape index (κ3) is 8.02. The van der Waals surface area contributed by atoms with E-state index in [-0.39, 0.29) is 10.8 Å². The van der Waals surface area contributed by atoms with Crippen LogP contribution in [0.4, 0.5) is 34.1 Å². The van der Waals surface area contributed by atoms with E-state index in [4.69, 9.17) is 0 Å². The molecule has 2 heteroatoms. The third-order valence-electron chi connectivity index (χ3n) is 21.6. The van der Waals surface area contributed by atoms with Crippen molar-refractivity contribution < 1.29 is 0 Å². The molecule has 0 bridgehead atoms. The summed E-state index contributed by atoms with van der Waals surface area (Å²) in [4.78, 5) is 5.04. The van der Waals surface area contributed by atoms with Crippen molar-refractivity contribution in [2.45, 2.75) is 49.4 Å². The second-order valence-electron chi connectivity index (χ2n) is 27.1. The van der Waals surface area contributed by atoms with E-state index in [1.54, 1.807) is 0 Å². The molecule has 0 aliphatic heterocycles. The molecule has 0 aromatic heterocycles. The summed E-state index contributed by atoms with van der Waals surface area (Å²) in [7, 11) is 0. The number of rotatable bonds is 10. The molecule has 0 heterocycles. The quantitative estimate of drug-likeness (QED) is 0.135. The zero-order valence-corrected chi connectivity index (χ0v) is 53.2. The van der Waals surface area contributed by atoms with E-state index in [0.717, 1.165) is 34.1 Å². The largest absolute Gasteiger partial charge is 0.310 e. The van der Waals surface area contributed by atoms with Crippen molar-refractivity contribution in [2.75, 3.05) is 9.80 Å². The first kappa shape index (κ1) is 55.5. The number of nitrogens with zero attached hydrogens (tertiary/aromatic N) is 2. The van der Waals surface area contributed by atoms with E-state index in [0.29, 0.717) is 0 Å². The number of hydrogen-bond donors (Lipinski definition) is 0. The monoisotopic (exact) mass is 1200 g/mol. The van der Waals surface area contributed by atoms with Crippen LogP contribution in [-0.4, -0.2) is 0 Å². The Hall–Kier alpha value is -11.3. The van der Waals surface area contributed by atoms with Gasteiger partial charge in [-0.2, -0.15) is 0 Å². The smallest absolute Gasteiger partial charge is 0.0721 e. The molecule has 0 radical (unpaired) electrons. The molecule has 0 amide bonds. The van der Waals surface area contributed by atoms with Crippen molar-refractivity contribution >= 4 is 34.1 Å². The molecule has 0 saturated heterocycles. The maximum Gasteiger partial charge on any atom is 0.0721 e. The number of fused-ring (bicyclic) bond motifs is 15. The molecule has 18 rings (SSSR count). The zero-order chi connectivity index (χ0) is 62.9. The highest BCUT2D eigenvalue weighted by Gasteiger charge is 2.57. The number of anilines is 6. The SMILES string of the molecule is CC1(C)c2ccccc2-c2ccc(N(c3ccc(-c4ccccc4)cc3)c3ccc4c(c3)C3(c5cc(N(c6ccc(-c7ccccc7)cc6)c6ccc7c(c6)C(C)(C)c6ccccc6-7)ccc5-4)c4ccccc4C(c4ccccc4)(c4ccccc4)c4ccccc43)cc21. The Morgan fingerprint density at radius 2 is 0.426 bits per heavy atom. The van der Waals surface area contributed by atoms with Gasteiger partial charge in [0.2, 0.25) is 0 Å². The van der Waals surface area contributed by atoms with Gasteiger partial charge in [0.25, 0.3) is 0 Å². The lowest BCUT2D eigenvalue weighted by Crippen LogP contribution is -2.44. The second kappa shape index (κ2) is 21.1. The summed E-state index contributed by atoms with van der Waals surface area (Å²) in [6, 6.07) is 129. The van der Waals surface area contributed by atoms with E-state index in [9.17, 15) is 0 Å². The molecule has 446 valence electrons. The van der Waals surface area contributed by atoms with E-state index >= 15 is 0 Å². The van der Waals surface area contributed by atoms with Crippen LogP contribution in [0.3, 0.4) is 0 Å². The average Bonchev–Trinajstić information content (AvgIpc) is 1.31. The minimum atomic E-state index is -0.828. The highest BCUT2D eigenvalue weighted by Crippen LogP contribution is 2.66. The Labute approximate surface area is 552 Å². The van der Waals surface area contributed by atoms with Gasteiger partial charge in [0.1, 0.15) is 0 Å². The fraction of sp³-hybridized carbons (Fsp3) is 0.0870. The standard InChI is InChI=1S/C92H68N2/c1-89(2)79-35-19-17-33-73(79)75-53-49-69(57-85(75)89)93(67-45-41-63(42-46-67)61-25-9-5-10-26-61)71-51-55-77-78-56-52-72(94(68-47-43-64(44-48-68)62-27-11-6-12-28-62)70-50-54-76-74-34-18-20-36-80(74)90(3,4)86(76)58-70)60-88(78)92(87(77)59-71)83-39-23-21-37-81(83)91(65-29-13-7-14-30-65,66-31-15-8-16-32-66)82-38-22-24-40-84(82)92/h5-60H,1-4H3. The maximum atomic E-state index is 2.57. The van der Waals surface area contributed by atoms with Gasteiger partial charge in [0.05, 0.1) is 10.8 Å². The fourth-order valence-corrected chi connectivity index (χ4v) is 17.3. The Kier molecular flexibility index (Phi) is 12.5. The molecular weight excluding hydrogens is 1130 g/mol. The molecule has 0 N–H and O–H groups in total. The van der Waals surface area contributed by atoms with Gasteiger partial charge in [-0.05, 0) is 195 Å².